The molecule has 2 nitrogen and oxygen atoms in total. The number of hydrogen-bond donors (Lipinski definition) is 1. The average molecular weight is 444 g/mol. The van der Waals surface area contributed by atoms with Crippen molar-refractivity contribution in [2.24, 2.45) is 0 Å². The molecule has 3 rings (SSSR count). The van der Waals surface area contributed by atoms with Crippen LogP contribution in [0.1, 0.15) is 18.4 Å². The van der Waals surface area contributed by atoms with Crippen LogP contribution >= 0.6 is 38.5 Å². The summed E-state index contributed by atoms with van der Waals surface area (Å²) in [6, 6.07) is 15.0. The third-order valence-corrected chi connectivity index (χ3v) is 4.37. The molecule has 2 aromatic carbocycles. The van der Waals surface area contributed by atoms with Crippen LogP contribution in [0.5, 0.6) is 11.5 Å². The van der Waals surface area contributed by atoms with E-state index < -0.39 is 0 Å². The average Bonchev–Trinajstić information content (AvgIpc) is 3.23. The fourth-order valence-electron chi connectivity index (χ4n) is 1.98. The summed E-state index contributed by atoms with van der Waals surface area (Å²) in [6.45, 7) is 0.851. The first-order valence-corrected chi connectivity index (χ1v) is 8.53. The van der Waals surface area contributed by atoms with Gasteiger partial charge in [0.1, 0.15) is 11.5 Å². The van der Waals surface area contributed by atoms with Crippen LogP contribution in [0, 0.1) is 3.57 Å². The third kappa shape index (κ3) is 3.96. The van der Waals surface area contributed by atoms with Crippen LogP contribution in [0.25, 0.3) is 0 Å². The van der Waals surface area contributed by atoms with E-state index in [-0.39, 0.29) is 0 Å². The van der Waals surface area contributed by atoms with Gasteiger partial charge in [-0.15, -0.1) is 0 Å². The Morgan fingerprint density at radius 2 is 2.05 bits per heavy atom. The van der Waals surface area contributed by atoms with Gasteiger partial charge in [-0.3, -0.25) is 0 Å². The highest BCUT2D eigenvalue weighted by atomic mass is 127. The zero-order valence-corrected chi connectivity index (χ0v) is 14.6. The van der Waals surface area contributed by atoms with Crippen molar-refractivity contribution in [3.05, 3.63) is 56.1 Å². The molecule has 104 valence electrons. The molecule has 0 spiro atoms. The van der Waals surface area contributed by atoms with E-state index >= 15 is 0 Å². The standard InChI is InChI=1S/C16H15BrINO/c17-12-4-7-16(11(8-12)10-19-14-5-6-14)20-15-3-1-2-13(18)9-15/h1-4,7-9,14,19H,5-6,10H2. The molecule has 0 aromatic heterocycles. The van der Waals surface area contributed by atoms with Crippen molar-refractivity contribution in [2.75, 3.05) is 0 Å². The summed E-state index contributed by atoms with van der Waals surface area (Å²) >= 11 is 5.83. The molecule has 4 heteroatoms. The van der Waals surface area contributed by atoms with E-state index in [0.717, 1.165) is 22.5 Å². The molecule has 1 saturated carbocycles. The van der Waals surface area contributed by atoms with Crippen LogP contribution in [0.4, 0.5) is 0 Å². The van der Waals surface area contributed by atoms with Gasteiger partial charge in [0.15, 0.2) is 0 Å². The molecule has 1 N–H and O–H groups in total. The van der Waals surface area contributed by atoms with Crippen LogP contribution < -0.4 is 10.1 Å². The summed E-state index contributed by atoms with van der Waals surface area (Å²) in [6.07, 6.45) is 2.59. The molecule has 2 aromatic rings. The maximum Gasteiger partial charge on any atom is 0.131 e. The summed E-state index contributed by atoms with van der Waals surface area (Å²) in [5.41, 5.74) is 1.19. The number of rotatable bonds is 5. The molecular formula is C16H15BrINO. The maximum atomic E-state index is 6.03. The molecule has 1 aliphatic rings. The van der Waals surface area contributed by atoms with Gasteiger partial charge in [0.05, 0.1) is 0 Å². The first-order chi connectivity index (χ1) is 9.70. The summed E-state index contributed by atoms with van der Waals surface area (Å²) < 4.78 is 8.29. The van der Waals surface area contributed by atoms with Gasteiger partial charge in [-0.2, -0.15) is 0 Å². The van der Waals surface area contributed by atoms with Crippen molar-refractivity contribution in [3.8, 4) is 11.5 Å². The molecule has 0 amide bonds. The Labute approximate surface area is 141 Å². The van der Waals surface area contributed by atoms with Gasteiger partial charge in [0.2, 0.25) is 0 Å². The molecule has 0 bridgehead atoms. The van der Waals surface area contributed by atoms with Crippen molar-refractivity contribution in [1.29, 1.82) is 0 Å². The number of ether oxygens (including phenoxy) is 1. The van der Waals surface area contributed by atoms with E-state index in [1.165, 1.54) is 22.0 Å². The fraction of sp³-hybridized carbons (Fsp3) is 0.250. The molecule has 1 aliphatic carbocycles. The van der Waals surface area contributed by atoms with Gasteiger partial charge in [-0.25, -0.2) is 0 Å². The van der Waals surface area contributed by atoms with Crippen LogP contribution in [0.15, 0.2) is 46.9 Å². The van der Waals surface area contributed by atoms with Crippen LogP contribution in [0.2, 0.25) is 0 Å². The van der Waals surface area contributed by atoms with Gasteiger partial charge < -0.3 is 10.1 Å². The van der Waals surface area contributed by atoms with Crippen LogP contribution in [-0.2, 0) is 6.54 Å². The lowest BCUT2D eigenvalue weighted by Gasteiger charge is -2.12. The van der Waals surface area contributed by atoms with E-state index in [1.54, 1.807) is 0 Å². The molecule has 0 unspecified atom stereocenters. The maximum absolute atomic E-state index is 6.03. The second-order valence-electron chi connectivity index (χ2n) is 4.97. The molecule has 0 radical (unpaired) electrons. The third-order valence-electron chi connectivity index (χ3n) is 3.20. The van der Waals surface area contributed by atoms with Crippen LogP contribution in [-0.4, -0.2) is 6.04 Å². The second kappa shape index (κ2) is 6.45. The molecular weight excluding hydrogens is 429 g/mol. The minimum Gasteiger partial charge on any atom is -0.457 e. The van der Waals surface area contributed by atoms with Crippen molar-refractivity contribution >= 4 is 38.5 Å². The van der Waals surface area contributed by atoms with Gasteiger partial charge in [0, 0.05) is 26.2 Å². The van der Waals surface area contributed by atoms with E-state index in [0.29, 0.717) is 6.04 Å². The normalized spacial score (nSPS) is 14.3. The van der Waals surface area contributed by atoms with Crippen molar-refractivity contribution < 1.29 is 4.74 Å². The predicted molar refractivity (Wildman–Crippen MR) is 93.2 cm³/mol. The topological polar surface area (TPSA) is 21.3 Å². The molecule has 0 heterocycles. The van der Waals surface area contributed by atoms with Gasteiger partial charge in [-0.05, 0) is 71.8 Å². The minimum absolute atomic E-state index is 0.694. The molecule has 0 saturated heterocycles. The Bertz CT molecular complexity index is 613. The number of benzene rings is 2. The largest absolute Gasteiger partial charge is 0.457 e. The smallest absolute Gasteiger partial charge is 0.131 e. The monoisotopic (exact) mass is 443 g/mol. The number of nitrogens with one attached hydrogen (secondary N) is 1. The van der Waals surface area contributed by atoms with Gasteiger partial charge >= 0.3 is 0 Å². The summed E-state index contributed by atoms with van der Waals surface area (Å²) in [7, 11) is 0. The Balaban J connectivity index is 1.79. The van der Waals surface area contributed by atoms with E-state index in [9.17, 15) is 0 Å². The quantitative estimate of drug-likeness (QED) is 0.649. The minimum atomic E-state index is 0.694. The Morgan fingerprint density at radius 1 is 1.20 bits per heavy atom. The Morgan fingerprint density at radius 3 is 2.80 bits per heavy atom. The highest BCUT2D eigenvalue weighted by Crippen LogP contribution is 2.29. The molecule has 1 fully saturated rings. The van der Waals surface area contributed by atoms with Crippen molar-refractivity contribution in [3.63, 3.8) is 0 Å². The van der Waals surface area contributed by atoms with Gasteiger partial charge in [-0.1, -0.05) is 22.0 Å². The summed E-state index contributed by atoms with van der Waals surface area (Å²) in [5, 5.41) is 3.54. The lowest BCUT2D eigenvalue weighted by atomic mass is 10.2. The highest BCUT2D eigenvalue weighted by molar-refractivity contribution is 14.1. The molecule has 0 aliphatic heterocycles. The summed E-state index contributed by atoms with van der Waals surface area (Å²) in [5.74, 6) is 1.80. The Hall–Kier alpha value is -0.590. The van der Waals surface area contributed by atoms with Crippen molar-refractivity contribution in [2.45, 2.75) is 25.4 Å². The summed E-state index contributed by atoms with van der Waals surface area (Å²) in [4.78, 5) is 0. The zero-order valence-electron chi connectivity index (χ0n) is 10.9. The molecule has 20 heavy (non-hydrogen) atoms. The number of halogens is 2. The predicted octanol–water partition coefficient (Wildman–Crippen LogP) is 5.10. The van der Waals surface area contributed by atoms with Crippen molar-refractivity contribution in [1.82, 2.24) is 5.32 Å². The molecule has 0 atom stereocenters. The SMILES string of the molecule is Brc1ccc(Oc2cccc(I)c2)c(CNC2CC2)c1. The lowest BCUT2D eigenvalue weighted by molar-refractivity contribution is 0.472. The van der Waals surface area contributed by atoms with Crippen LogP contribution in [0.3, 0.4) is 0 Å². The fourth-order valence-corrected chi connectivity index (χ4v) is 2.91. The highest BCUT2D eigenvalue weighted by Gasteiger charge is 2.20. The van der Waals surface area contributed by atoms with E-state index in [2.05, 4.69) is 56.0 Å². The first kappa shape index (κ1) is 14.4. The Kier molecular flexibility index (Phi) is 4.63. The van der Waals surface area contributed by atoms with Gasteiger partial charge in [0.25, 0.3) is 0 Å². The zero-order chi connectivity index (χ0) is 13.9. The second-order valence-corrected chi connectivity index (χ2v) is 7.13. The van der Waals surface area contributed by atoms with E-state index in [1.807, 2.05) is 30.3 Å². The number of hydrogen-bond acceptors (Lipinski definition) is 2. The lowest BCUT2D eigenvalue weighted by Crippen LogP contribution is -2.15. The van der Waals surface area contributed by atoms with E-state index in [4.69, 9.17) is 4.74 Å². The first-order valence-electron chi connectivity index (χ1n) is 6.66.